The van der Waals surface area contributed by atoms with Crippen molar-refractivity contribution in [2.45, 2.75) is 13.1 Å². The van der Waals surface area contributed by atoms with E-state index in [0.717, 1.165) is 5.75 Å². The molecule has 1 aromatic carbocycles. The van der Waals surface area contributed by atoms with E-state index < -0.39 is 6.64 Å². The van der Waals surface area contributed by atoms with E-state index in [-0.39, 0.29) is 0 Å². The van der Waals surface area contributed by atoms with Gasteiger partial charge in [0.1, 0.15) is 0 Å². The molecule has 1 aromatic rings. The number of hydrogen-bond donors (Lipinski definition) is 0. The summed E-state index contributed by atoms with van der Waals surface area (Å²) in [5, 5.41) is 0. The maximum atomic E-state index is 5.25. The topological polar surface area (TPSA) is 18.5 Å². The normalized spacial score (nSPS) is 11.3. The maximum absolute atomic E-state index is 5.25. The van der Waals surface area contributed by atoms with Crippen molar-refractivity contribution >= 4 is 23.7 Å². The van der Waals surface area contributed by atoms with Crippen LogP contribution in [0.1, 0.15) is 0 Å². The Balaban J connectivity index is 2.44. The minimum atomic E-state index is -1.56. The van der Waals surface area contributed by atoms with Crippen molar-refractivity contribution in [3.8, 4) is 5.75 Å². The molecule has 0 spiro atoms. The van der Waals surface area contributed by atoms with Gasteiger partial charge in [-0.2, -0.15) is 0 Å². The third kappa shape index (κ3) is 3.98. The Bertz CT molecular complexity index is 233. The van der Waals surface area contributed by atoms with Crippen molar-refractivity contribution in [1.82, 2.24) is 0 Å². The van der Waals surface area contributed by atoms with Gasteiger partial charge in [0.25, 0.3) is 0 Å². The van der Waals surface area contributed by atoms with E-state index in [9.17, 15) is 0 Å². The molecule has 0 saturated carbocycles. The number of benzene rings is 1. The average molecular weight is 174 g/mol. The molecular formula is C8H11LiO2Si. The Hall–Kier alpha value is -0.206. The standard InChI is InChI=1S/C8H11O2Si.Li/c1-11(2)10-9-8-6-4-3-5-7-8;/h3-7H,1-2H3;. The molecule has 0 saturated heterocycles. The minimum absolute atomic E-state index is 0.764. The van der Waals surface area contributed by atoms with Gasteiger partial charge in [-0.1, -0.05) is 0 Å². The van der Waals surface area contributed by atoms with Crippen LogP contribution in [0.25, 0.3) is 0 Å². The van der Waals surface area contributed by atoms with Crippen LogP contribution < -0.4 is 4.89 Å². The molecule has 0 aliphatic carbocycles. The van der Waals surface area contributed by atoms with Gasteiger partial charge in [-0.05, 0) is 0 Å². The molecule has 0 unspecified atom stereocenters. The van der Waals surface area contributed by atoms with Crippen molar-refractivity contribution in [3.63, 3.8) is 0 Å². The molecule has 0 bridgehead atoms. The molecule has 0 radical (unpaired) electrons. The van der Waals surface area contributed by atoms with Crippen LogP contribution in [0.4, 0.5) is 0 Å². The zero-order valence-electron chi connectivity index (χ0n) is 7.70. The van der Waals surface area contributed by atoms with E-state index in [1.54, 1.807) is 0 Å². The van der Waals surface area contributed by atoms with Crippen LogP contribution in [-0.2, 0) is 4.58 Å². The Morgan fingerprint density at radius 2 is 1.75 bits per heavy atom. The number of para-hydroxylation sites is 1. The van der Waals surface area contributed by atoms with Gasteiger partial charge in [-0.25, -0.2) is 0 Å². The van der Waals surface area contributed by atoms with Gasteiger partial charge >= 0.3 is 82.3 Å². The second-order valence-electron chi connectivity index (χ2n) is 3.59. The number of hydrogen-bond acceptors (Lipinski definition) is 2. The monoisotopic (exact) mass is 174 g/mol. The fourth-order valence-electron chi connectivity index (χ4n) is 0.649. The molecule has 0 atom stereocenters. The molecule has 0 aliphatic rings. The van der Waals surface area contributed by atoms with Gasteiger partial charge in [0.15, 0.2) is 0 Å². The van der Waals surface area contributed by atoms with Gasteiger partial charge < -0.3 is 0 Å². The summed E-state index contributed by atoms with van der Waals surface area (Å²) in [5.74, 6) is 0.764. The van der Waals surface area contributed by atoms with Gasteiger partial charge in [0.05, 0.1) is 0 Å². The zero-order chi connectivity index (χ0) is 9.03. The third-order valence-electron chi connectivity index (χ3n) is 1.13. The van der Waals surface area contributed by atoms with Crippen LogP contribution in [0.5, 0.6) is 5.75 Å². The molecule has 0 amide bonds. The van der Waals surface area contributed by atoms with Crippen molar-refractivity contribution in [2.75, 3.05) is 0 Å². The van der Waals surface area contributed by atoms with E-state index in [2.05, 4.69) is 30.1 Å². The fraction of sp³-hybridized carbons (Fsp3) is 0.250. The Morgan fingerprint density at radius 1 is 1.17 bits per heavy atom. The average Bonchev–Trinajstić information content (AvgIpc) is 2.02. The van der Waals surface area contributed by atoms with Crippen LogP contribution in [0.3, 0.4) is 0 Å². The van der Waals surface area contributed by atoms with Crippen LogP contribution in [0.15, 0.2) is 30.3 Å². The number of rotatable bonds is 3. The van der Waals surface area contributed by atoms with Crippen molar-refractivity contribution in [1.29, 1.82) is 0 Å². The molecule has 1 rings (SSSR count). The predicted molar refractivity (Wildman–Crippen MR) is 51.4 cm³/mol. The van der Waals surface area contributed by atoms with Gasteiger partial charge in [-0.3, -0.25) is 0 Å². The summed E-state index contributed by atoms with van der Waals surface area (Å²) < 4.78 is 5.25. The second-order valence-corrected chi connectivity index (χ2v) is 7.98. The third-order valence-corrected chi connectivity index (χ3v) is 1.71. The summed E-state index contributed by atoms with van der Waals surface area (Å²) >= 11 is 2.08. The molecule has 0 N–H and O–H groups in total. The predicted octanol–water partition coefficient (Wildman–Crippen LogP) is 1.87. The Morgan fingerprint density at radius 3 is 2.25 bits per heavy atom. The van der Waals surface area contributed by atoms with E-state index in [0.29, 0.717) is 0 Å². The van der Waals surface area contributed by atoms with Crippen molar-refractivity contribution in [3.05, 3.63) is 30.3 Å². The molecule has 0 heterocycles. The van der Waals surface area contributed by atoms with Crippen molar-refractivity contribution < 1.29 is 9.46 Å². The fourth-order valence-corrected chi connectivity index (χ4v) is 0.995. The SMILES string of the molecule is [Li][Si](C)(C)OOc1ccccc1. The summed E-state index contributed by atoms with van der Waals surface area (Å²) in [7, 11) is 0. The Labute approximate surface area is 82.5 Å². The van der Waals surface area contributed by atoms with Gasteiger partial charge in [0.2, 0.25) is 0 Å². The van der Waals surface area contributed by atoms with Gasteiger partial charge in [0, 0.05) is 0 Å². The van der Waals surface area contributed by atoms with Crippen LogP contribution in [-0.4, -0.2) is 23.7 Å². The van der Waals surface area contributed by atoms with E-state index >= 15 is 0 Å². The first-order valence-electron chi connectivity index (χ1n) is 3.99. The van der Waals surface area contributed by atoms with Crippen LogP contribution in [0.2, 0.25) is 13.1 Å². The summed E-state index contributed by atoms with van der Waals surface area (Å²) in [5.41, 5.74) is 0. The molecule has 12 heavy (non-hydrogen) atoms. The molecule has 2 nitrogen and oxygen atoms in total. The summed E-state index contributed by atoms with van der Waals surface area (Å²) in [6.07, 6.45) is 0. The van der Waals surface area contributed by atoms with Crippen molar-refractivity contribution in [2.24, 2.45) is 0 Å². The molecular weight excluding hydrogens is 163 g/mol. The van der Waals surface area contributed by atoms with E-state index in [1.165, 1.54) is 0 Å². The first-order chi connectivity index (χ1) is 5.58. The first kappa shape index (κ1) is 9.88. The second kappa shape index (κ2) is 4.15. The molecule has 0 fully saturated rings. The summed E-state index contributed by atoms with van der Waals surface area (Å²) in [6, 6.07) is 9.54. The zero-order valence-corrected chi connectivity index (χ0v) is 8.70. The molecule has 4 heteroatoms. The van der Waals surface area contributed by atoms with Crippen LogP contribution in [0, 0.1) is 0 Å². The van der Waals surface area contributed by atoms with Gasteiger partial charge in [-0.15, -0.1) is 0 Å². The summed E-state index contributed by atoms with van der Waals surface area (Å²) in [4.78, 5) is 5.13. The molecule has 60 valence electrons. The molecule has 0 aliphatic heterocycles. The Kier molecular flexibility index (Phi) is 3.42. The molecule has 0 aromatic heterocycles. The quantitative estimate of drug-likeness (QED) is 0.395. The first-order valence-corrected chi connectivity index (χ1v) is 7.39. The van der Waals surface area contributed by atoms with E-state index in [1.807, 2.05) is 30.3 Å². The summed E-state index contributed by atoms with van der Waals surface area (Å²) in [6.45, 7) is 2.60. The van der Waals surface area contributed by atoms with E-state index in [4.69, 9.17) is 9.46 Å². The van der Waals surface area contributed by atoms with Crippen LogP contribution >= 0.6 is 0 Å².